The summed E-state index contributed by atoms with van der Waals surface area (Å²) in [5, 5.41) is 27.9. The zero-order chi connectivity index (χ0) is 12.1. The predicted octanol–water partition coefficient (Wildman–Crippen LogP) is 0.379. The molecular weight excluding hydrogens is 212 g/mol. The monoisotopic (exact) mass is 220 g/mol. The summed E-state index contributed by atoms with van der Waals surface area (Å²) < 4.78 is 0. The van der Waals surface area contributed by atoms with Crippen LogP contribution in [0.15, 0.2) is 24.3 Å². The van der Waals surface area contributed by atoms with Gasteiger partial charge in [0.05, 0.1) is 11.6 Å². The van der Waals surface area contributed by atoms with Crippen molar-refractivity contribution in [2.75, 3.05) is 6.54 Å². The molecule has 0 saturated heterocycles. The van der Waals surface area contributed by atoms with E-state index in [1.807, 2.05) is 6.07 Å². The minimum absolute atomic E-state index is 0.0911. The Morgan fingerprint density at radius 3 is 2.88 bits per heavy atom. The fraction of sp³-hybridized carbons (Fsp3) is 0.200. The zero-order valence-corrected chi connectivity index (χ0v) is 8.16. The van der Waals surface area contributed by atoms with Gasteiger partial charge in [-0.1, -0.05) is 12.1 Å². The quantitative estimate of drug-likeness (QED) is 0.448. The standard InChI is InChI=1S/C10H8N2O4/c11-5-7-2-1-3-8(4-7)10(14)9(13)6-12(15)16/h1-4,9,13H,6H2. The van der Waals surface area contributed by atoms with Crippen LogP contribution in [0.5, 0.6) is 0 Å². The Bertz CT molecular complexity index is 464. The Balaban J connectivity index is 2.88. The third kappa shape index (κ3) is 2.87. The number of nitro groups is 1. The molecule has 0 saturated carbocycles. The fourth-order valence-corrected chi connectivity index (χ4v) is 1.16. The van der Waals surface area contributed by atoms with E-state index in [1.165, 1.54) is 24.3 Å². The average Bonchev–Trinajstić information content (AvgIpc) is 2.27. The Morgan fingerprint density at radius 1 is 1.62 bits per heavy atom. The third-order valence-corrected chi connectivity index (χ3v) is 1.90. The van der Waals surface area contributed by atoms with Gasteiger partial charge in [-0.2, -0.15) is 5.26 Å². The molecule has 1 aromatic carbocycles. The summed E-state index contributed by atoms with van der Waals surface area (Å²) in [4.78, 5) is 20.8. The van der Waals surface area contributed by atoms with Gasteiger partial charge in [0.15, 0.2) is 11.9 Å². The van der Waals surface area contributed by atoms with Crippen molar-refractivity contribution in [2.24, 2.45) is 0 Å². The maximum atomic E-state index is 11.5. The van der Waals surface area contributed by atoms with E-state index in [9.17, 15) is 20.0 Å². The van der Waals surface area contributed by atoms with Crippen molar-refractivity contribution in [1.29, 1.82) is 5.26 Å². The first kappa shape index (κ1) is 11.8. The van der Waals surface area contributed by atoms with Gasteiger partial charge in [0, 0.05) is 10.5 Å². The molecule has 1 unspecified atom stereocenters. The molecule has 0 aromatic heterocycles. The van der Waals surface area contributed by atoms with Gasteiger partial charge >= 0.3 is 0 Å². The summed E-state index contributed by atoms with van der Waals surface area (Å²) in [7, 11) is 0. The second kappa shape index (κ2) is 5.00. The molecule has 0 spiro atoms. The maximum Gasteiger partial charge on any atom is 0.236 e. The van der Waals surface area contributed by atoms with Gasteiger partial charge in [-0.3, -0.25) is 14.9 Å². The summed E-state index contributed by atoms with van der Waals surface area (Å²) >= 11 is 0. The van der Waals surface area contributed by atoms with E-state index in [-0.39, 0.29) is 11.1 Å². The highest BCUT2D eigenvalue weighted by Crippen LogP contribution is 2.07. The lowest BCUT2D eigenvalue weighted by atomic mass is 10.0. The number of carbonyl (C=O) groups excluding carboxylic acids is 1. The first-order valence-corrected chi connectivity index (χ1v) is 4.39. The number of Topliss-reactive ketones (excluding diaryl/α,β-unsaturated/α-hetero) is 1. The molecule has 0 aliphatic rings. The molecule has 0 aliphatic heterocycles. The summed E-state index contributed by atoms with van der Waals surface area (Å²) in [5.41, 5.74) is 0.354. The molecule has 0 bridgehead atoms. The lowest BCUT2D eigenvalue weighted by Gasteiger charge is -2.04. The molecule has 1 aromatic rings. The van der Waals surface area contributed by atoms with Gasteiger partial charge in [0.1, 0.15) is 0 Å². The number of hydrogen-bond donors (Lipinski definition) is 1. The second-order valence-electron chi connectivity index (χ2n) is 3.09. The van der Waals surface area contributed by atoms with Crippen LogP contribution in [0, 0.1) is 21.4 Å². The molecule has 0 fully saturated rings. The van der Waals surface area contributed by atoms with Crippen LogP contribution in [0.1, 0.15) is 15.9 Å². The first-order valence-electron chi connectivity index (χ1n) is 4.39. The smallest absolute Gasteiger partial charge is 0.236 e. The molecule has 1 N–H and O–H groups in total. The van der Waals surface area contributed by atoms with E-state index >= 15 is 0 Å². The number of hydrogen-bond acceptors (Lipinski definition) is 5. The van der Waals surface area contributed by atoms with E-state index in [0.29, 0.717) is 0 Å². The minimum Gasteiger partial charge on any atom is -0.379 e. The highest BCUT2D eigenvalue weighted by Gasteiger charge is 2.22. The van der Waals surface area contributed by atoms with E-state index < -0.39 is 23.4 Å². The number of nitrogens with zero attached hydrogens (tertiary/aromatic N) is 2. The van der Waals surface area contributed by atoms with Crippen LogP contribution in [0.25, 0.3) is 0 Å². The maximum absolute atomic E-state index is 11.5. The molecular formula is C10H8N2O4. The molecule has 6 heteroatoms. The van der Waals surface area contributed by atoms with Crippen molar-refractivity contribution >= 4 is 5.78 Å². The number of aliphatic hydroxyl groups excluding tert-OH is 1. The summed E-state index contributed by atoms with van der Waals surface area (Å²) in [6, 6.07) is 7.49. The Morgan fingerprint density at radius 2 is 2.31 bits per heavy atom. The lowest BCUT2D eigenvalue weighted by molar-refractivity contribution is -0.487. The van der Waals surface area contributed by atoms with Crippen LogP contribution in [-0.4, -0.2) is 28.5 Å². The topological polar surface area (TPSA) is 104 Å². The Hall–Kier alpha value is -2.26. The van der Waals surface area contributed by atoms with Gasteiger partial charge in [-0.05, 0) is 12.1 Å². The summed E-state index contributed by atoms with van der Waals surface area (Å²) in [5.74, 6) is -0.756. The van der Waals surface area contributed by atoms with E-state index in [0.717, 1.165) is 0 Å². The van der Waals surface area contributed by atoms with Crippen molar-refractivity contribution < 1.29 is 14.8 Å². The number of benzene rings is 1. The summed E-state index contributed by atoms with van der Waals surface area (Å²) in [6.07, 6.45) is -1.68. The van der Waals surface area contributed by atoms with Crippen LogP contribution < -0.4 is 0 Å². The molecule has 16 heavy (non-hydrogen) atoms. The van der Waals surface area contributed by atoms with Crippen LogP contribution in [0.3, 0.4) is 0 Å². The first-order chi connectivity index (χ1) is 7.54. The number of rotatable bonds is 4. The van der Waals surface area contributed by atoms with E-state index in [1.54, 1.807) is 0 Å². The van der Waals surface area contributed by atoms with Crippen molar-refractivity contribution in [3.05, 3.63) is 45.5 Å². The number of ketones is 1. The number of aliphatic hydroxyl groups is 1. The number of carbonyl (C=O) groups is 1. The van der Waals surface area contributed by atoms with Crippen LogP contribution in [0.4, 0.5) is 0 Å². The molecule has 0 radical (unpaired) electrons. The highest BCUT2D eigenvalue weighted by atomic mass is 16.6. The average molecular weight is 220 g/mol. The third-order valence-electron chi connectivity index (χ3n) is 1.90. The molecule has 82 valence electrons. The van der Waals surface area contributed by atoms with E-state index in [2.05, 4.69) is 0 Å². The van der Waals surface area contributed by atoms with Gasteiger partial charge in [0.2, 0.25) is 6.54 Å². The molecule has 1 atom stereocenters. The van der Waals surface area contributed by atoms with Crippen molar-refractivity contribution in [2.45, 2.75) is 6.10 Å². The zero-order valence-electron chi connectivity index (χ0n) is 8.16. The SMILES string of the molecule is N#Cc1cccc(C(=O)C(O)C[N+](=O)[O-])c1. The van der Waals surface area contributed by atoms with Gasteiger partial charge in [0.25, 0.3) is 0 Å². The number of nitriles is 1. The van der Waals surface area contributed by atoms with Gasteiger partial charge < -0.3 is 5.11 Å². The lowest BCUT2D eigenvalue weighted by Crippen LogP contribution is -2.28. The Labute approximate surface area is 90.9 Å². The van der Waals surface area contributed by atoms with Crippen LogP contribution in [-0.2, 0) is 0 Å². The second-order valence-corrected chi connectivity index (χ2v) is 3.09. The molecule has 6 nitrogen and oxygen atoms in total. The van der Waals surface area contributed by atoms with Crippen molar-refractivity contribution in [3.63, 3.8) is 0 Å². The largest absolute Gasteiger partial charge is 0.379 e. The van der Waals surface area contributed by atoms with Crippen molar-refractivity contribution in [3.8, 4) is 6.07 Å². The molecule has 1 rings (SSSR count). The van der Waals surface area contributed by atoms with E-state index in [4.69, 9.17) is 5.26 Å². The fourth-order valence-electron chi connectivity index (χ4n) is 1.16. The molecule has 0 aliphatic carbocycles. The molecule has 0 amide bonds. The van der Waals surface area contributed by atoms with Crippen molar-refractivity contribution in [1.82, 2.24) is 0 Å². The van der Waals surface area contributed by atoms with Gasteiger partial charge in [-0.25, -0.2) is 0 Å². The van der Waals surface area contributed by atoms with Crippen LogP contribution >= 0.6 is 0 Å². The van der Waals surface area contributed by atoms with Gasteiger partial charge in [-0.15, -0.1) is 0 Å². The normalized spacial score (nSPS) is 11.5. The predicted molar refractivity (Wildman–Crippen MR) is 53.4 cm³/mol. The molecule has 0 heterocycles. The Kier molecular flexibility index (Phi) is 3.69. The minimum atomic E-state index is -1.68. The van der Waals surface area contributed by atoms with Crippen LogP contribution in [0.2, 0.25) is 0 Å². The summed E-state index contributed by atoms with van der Waals surface area (Å²) in [6.45, 7) is -0.838. The highest BCUT2D eigenvalue weighted by molar-refractivity contribution is 5.99.